The summed E-state index contributed by atoms with van der Waals surface area (Å²) in [6.45, 7) is 7.79. The Labute approximate surface area is 186 Å². The van der Waals surface area contributed by atoms with Gasteiger partial charge in [0.25, 0.3) is 0 Å². The third-order valence-corrected chi connectivity index (χ3v) is 6.57. The van der Waals surface area contributed by atoms with E-state index in [9.17, 15) is 35.1 Å². The quantitative estimate of drug-likeness (QED) is 0.258. The van der Waals surface area contributed by atoms with E-state index in [4.69, 9.17) is 18.9 Å². The molecule has 0 radical (unpaired) electrons. The molecule has 32 heavy (non-hydrogen) atoms. The fourth-order valence-electron chi connectivity index (χ4n) is 4.75. The second kappa shape index (κ2) is 8.76. The molecule has 186 valence electrons. The van der Waals surface area contributed by atoms with Crippen molar-refractivity contribution >= 4 is 11.9 Å². The van der Waals surface area contributed by atoms with Gasteiger partial charge in [-0.15, -0.1) is 0 Å². The zero-order chi connectivity index (χ0) is 24.9. The molecule has 2 aliphatic heterocycles. The number of carbonyl (C=O) groups is 2. The average molecular weight is 465 g/mol. The molecule has 0 bridgehead atoms. The Bertz CT molecular complexity index is 732. The molecular weight excluding hydrogens is 430 g/mol. The third kappa shape index (κ3) is 4.26. The Morgan fingerprint density at radius 3 is 1.97 bits per heavy atom. The SMILES string of the molecule is CO[C@]1(C)C(C(=O)O)O[C@@](C)(OC2(C)[C@H](O)C(CO)OC(C)(C)[C@H]2NC(C)=O)[C@@H](O)C1O. The van der Waals surface area contributed by atoms with E-state index in [-0.39, 0.29) is 0 Å². The first-order valence-corrected chi connectivity index (χ1v) is 10.3. The molecule has 12 heteroatoms. The molecule has 0 spiro atoms. The van der Waals surface area contributed by atoms with Crippen LogP contribution in [0.4, 0.5) is 0 Å². The van der Waals surface area contributed by atoms with Gasteiger partial charge < -0.3 is 49.8 Å². The highest BCUT2D eigenvalue weighted by Gasteiger charge is 2.66. The first kappa shape index (κ1) is 26.9. The van der Waals surface area contributed by atoms with Crippen molar-refractivity contribution in [2.45, 2.75) is 101 Å². The fraction of sp³-hybridized carbons (Fsp3) is 0.900. The molecule has 0 aromatic carbocycles. The zero-order valence-corrected chi connectivity index (χ0v) is 19.4. The van der Waals surface area contributed by atoms with Gasteiger partial charge in [-0.25, -0.2) is 4.79 Å². The first-order valence-electron chi connectivity index (χ1n) is 10.3. The molecule has 2 fully saturated rings. The summed E-state index contributed by atoms with van der Waals surface area (Å²) in [6.07, 6.45) is -8.00. The van der Waals surface area contributed by atoms with E-state index in [1.807, 2.05) is 0 Å². The lowest BCUT2D eigenvalue weighted by molar-refractivity contribution is -0.414. The van der Waals surface area contributed by atoms with E-state index in [2.05, 4.69) is 5.32 Å². The Kier molecular flexibility index (Phi) is 7.36. The van der Waals surface area contributed by atoms with Gasteiger partial charge in [0.15, 0.2) is 11.9 Å². The molecule has 9 atom stereocenters. The minimum absolute atomic E-state index is 0.471. The second-order valence-corrected chi connectivity index (χ2v) is 9.44. The van der Waals surface area contributed by atoms with Gasteiger partial charge in [-0.2, -0.15) is 0 Å². The Morgan fingerprint density at radius 1 is 0.969 bits per heavy atom. The maximum atomic E-state index is 11.9. The van der Waals surface area contributed by atoms with E-state index in [1.54, 1.807) is 13.8 Å². The lowest BCUT2D eigenvalue weighted by Gasteiger charge is -2.59. The van der Waals surface area contributed by atoms with Gasteiger partial charge in [0, 0.05) is 14.0 Å². The molecule has 4 unspecified atom stereocenters. The number of aliphatic hydroxyl groups is 4. The Hall–Kier alpha value is -1.38. The van der Waals surface area contributed by atoms with Crippen LogP contribution in [0.3, 0.4) is 0 Å². The number of carboxylic acids is 1. The molecule has 0 aromatic rings. The van der Waals surface area contributed by atoms with Crippen molar-refractivity contribution in [1.82, 2.24) is 5.32 Å². The molecule has 12 nitrogen and oxygen atoms in total. The summed E-state index contributed by atoms with van der Waals surface area (Å²) in [4.78, 5) is 23.8. The van der Waals surface area contributed by atoms with Gasteiger partial charge in [0.2, 0.25) is 5.91 Å². The highest BCUT2D eigenvalue weighted by molar-refractivity contribution is 5.74. The van der Waals surface area contributed by atoms with Crippen LogP contribution in [-0.2, 0) is 28.5 Å². The largest absolute Gasteiger partial charge is 0.479 e. The summed E-state index contributed by atoms with van der Waals surface area (Å²) in [5.41, 5.74) is -4.75. The van der Waals surface area contributed by atoms with Crippen LogP contribution in [0.2, 0.25) is 0 Å². The fourth-order valence-corrected chi connectivity index (χ4v) is 4.75. The summed E-state index contributed by atoms with van der Waals surface area (Å²) in [6, 6.07) is -1.03. The van der Waals surface area contributed by atoms with Crippen molar-refractivity contribution in [3.8, 4) is 0 Å². The number of amides is 1. The van der Waals surface area contributed by atoms with E-state index in [0.29, 0.717) is 0 Å². The van der Waals surface area contributed by atoms with Crippen LogP contribution in [0.1, 0.15) is 41.5 Å². The first-order chi connectivity index (χ1) is 14.5. The second-order valence-electron chi connectivity index (χ2n) is 9.44. The van der Waals surface area contributed by atoms with Crippen LogP contribution in [0.5, 0.6) is 0 Å². The number of aliphatic carboxylic acids is 1. The third-order valence-electron chi connectivity index (χ3n) is 6.57. The molecule has 0 aromatic heterocycles. The van der Waals surface area contributed by atoms with Gasteiger partial charge in [0.1, 0.15) is 35.6 Å². The van der Waals surface area contributed by atoms with Crippen LogP contribution >= 0.6 is 0 Å². The molecule has 1 amide bonds. The number of carbonyl (C=O) groups excluding carboxylic acids is 1. The summed E-state index contributed by atoms with van der Waals surface area (Å²) in [5, 5.41) is 54.7. The van der Waals surface area contributed by atoms with E-state index in [1.165, 1.54) is 34.8 Å². The van der Waals surface area contributed by atoms with Gasteiger partial charge in [-0.3, -0.25) is 4.79 Å². The normalized spacial score (nSPS) is 46.5. The van der Waals surface area contributed by atoms with Gasteiger partial charge in [0.05, 0.1) is 18.2 Å². The lowest BCUT2D eigenvalue weighted by Crippen LogP contribution is -2.78. The Balaban J connectivity index is 2.57. The average Bonchev–Trinajstić information content (AvgIpc) is 2.69. The minimum atomic E-state index is -2.17. The molecule has 0 saturated carbocycles. The zero-order valence-electron chi connectivity index (χ0n) is 19.4. The monoisotopic (exact) mass is 465 g/mol. The number of hydrogen-bond donors (Lipinski definition) is 6. The van der Waals surface area contributed by atoms with E-state index in [0.717, 1.165) is 0 Å². The van der Waals surface area contributed by atoms with Crippen LogP contribution in [0.25, 0.3) is 0 Å². The minimum Gasteiger partial charge on any atom is -0.479 e. The number of methoxy groups -OCH3 is 1. The van der Waals surface area contributed by atoms with Crippen molar-refractivity contribution in [3.63, 3.8) is 0 Å². The number of ether oxygens (including phenoxy) is 4. The Morgan fingerprint density at radius 2 is 1.53 bits per heavy atom. The topological polar surface area (TPSA) is 184 Å². The summed E-state index contributed by atoms with van der Waals surface area (Å²) in [7, 11) is 1.17. The predicted octanol–water partition coefficient (Wildman–Crippen LogP) is -1.88. The van der Waals surface area contributed by atoms with E-state index < -0.39 is 77.6 Å². The molecule has 0 aliphatic carbocycles. The maximum absolute atomic E-state index is 11.9. The highest BCUT2D eigenvalue weighted by atomic mass is 16.7. The van der Waals surface area contributed by atoms with Crippen molar-refractivity contribution in [2.24, 2.45) is 0 Å². The number of rotatable bonds is 6. The van der Waals surface area contributed by atoms with Gasteiger partial charge in [-0.05, 0) is 34.6 Å². The van der Waals surface area contributed by atoms with Crippen LogP contribution in [0, 0.1) is 0 Å². The molecule has 2 heterocycles. The van der Waals surface area contributed by atoms with Crippen LogP contribution < -0.4 is 5.32 Å². The molecular formula is C20H35NO11. The summed E-state index contributed by atoms with van der Waals surface area (Å²) >= 11 is 0. The van der Waals surface area contributed by atoms with Crippen molar-refractivity contribution in [2.75, 3.05) is 13.7 Å². The number of hydrogen-bond acceptors (Lipinski definition) is 10. The van der Waals surface area contributed by atoms with E-state index >= 15 is 0 Å². The van der Waals surface area contributed by atoms with Crippen molar-refractivity contribution < 1.29 is 54.1 Å². The van der Waals surface area contributed by atoms with Crippen molar-refractivity contribution in [1.29, 1.82) is 0 Å². The molecule has 2 aliphatic rings. The number of carboxylic acid groups (broad SMARTS) is 1. The lowest BCUT2D eigenvalue weighted by atomic mass is 9.74. The number of nitrogens with one attached hydrogen (secondary N) is 1. The molecule has 2 saturated heterocycles. The molecule has 6 N–H and O–H groups in total. The predicted molar refractivity (Wildman–Crippen MR) is 107 cm³/mol. The molecule has 2 rings (SSSR count). The van der Waals surface area contributed by atoms with Crippen LogP contribution in [-0.4, -0.2) is 110 Å². The van der Waals surface area contributed by atoms with Gasteiger partial charge in [-0.1, -0.05) is 0 Å². The maximum Gasteiger partial charge on any atom is 0.336 e. The van der Waals surface area contributed by atoms with Crippen molar-refractivity contribution in [3.05, 3.63) is 0 Å². The summed E-state index contributed by atoms with van der Waals surface area (Å²) < 4.78 is 22.7. The number of aliphatic hydroxyl groups excluding tert-OH is 4. The summed E-state index contributed by atoms with van der Waals surface area (Å²) in [5.74, 6) is -4.11. The highest BCUT2D eigenvalue weighted by Crippen LogP contribution is 2.45. The standard InChI is InChI=1S/C20H35NO11/c1-9(23)21-16-17(2,3)30-10(8-22)11(24)19(16,5)32-20(6)13(26)12(25)18(4,29-7)14(31-20)15(27)28/h10-14,16,22,24-26H,8H2,1-7H3,(H,21,23)(H,27,28)/t10?,11-,12?,13+,14?,16-,18+,19?,20+/m1/s1. The smallest absolute Gasteiger partial charge is 0.336 e. The van der Waals surface area contributed by atoms with Crippen LogP contribution in [0.15, 0.2) is 0 Å². The van der Waals surface area contributed by atoms with Gasteiger partial charge >= 0.3 is 5.97 Å².